The van der Waals surface area contributed by atoms with E-state index < -0.39 is 7.26 Å². The zero-order valence-corrected chi connectivity index (χ0v) is 48.2. The Morgan fingerprint density at radius 1 is 0.477 bits per heavy atom. The maximum absolute atomic E-state index is 17.0. The lowest BCUT2D eigenvalue weighted by molar-refractivity contribution is -0.535. The fourth-order valence-corrected chi connectivity index (χ4v) is 13.2. The molecule has 1 radical (unpaired) electrons. The Hall–Kier alpha value is -11.7. The monoisotopic (exact) mass is 1130 g/mol. The van der Waals surface area contributed by atoms with Gasteiger partial charge in [0.25, 0.3) is 0 Å². The number of aryl methyl sites for hydroxylation is 3. The number of halogens is 1. The largest absolute Gasteiger partial charge is 0.727 e. The number of allylic oxidation sites excluding steroid dienone is 2. The van der Waals surface area contributed by atoms with E-state index >= 15 is 4.32 Å². The highest BCUT2D eigenvalue weighted by Crippen LogP contribution is 2.42. The number of para-hydroxylation sites is 2. The van der Waals surface area contributed by atoms with E-state index in [2.05, 4.69) is 178 Å². The van der Waals surface area contributed by atoms with Crippen LogP contribution in [0.3, 0.4) is 0 Å². The molecular formula is C75H50B2FN10+2. The lowest BCUT2D eigenvalue weighted by atomic mass is 9.93. The van der Waals surface area contributed by atoms with Gasteiger partial charge in [0.15, 0.2) is 0 Å². The van der Waals surface area contributed by atoms with Gasteiger partial charge in [-0.3, -0.25) is 13.3 Å². The van der Waals surface area contributed by atoms with E-state index in [-0.39, 0.29) is 11.1 Å². The Kier molecular flexibility index (Phi) is 12.1. The first-order chi connectivity index (χ1) is 43.2. The van der Waals surface area contributed by atoms with Crippen LogP contribution in [-0.2, 0) is 0 Å². The van der Waals surface area contributed by atoms with E-state index in [0.717, 1.165) is 117 Å². The molecule has 4 aromatic heterocycles. The lowest BCUT2D eigenvalue weighted by Crippen LogP contribution is -2.58. The van der Waals surface area contributed by atoms with Gasteiger partial charge in [-0.2, -0.15) is 10.5 Å². The Morgan fingerprint density at radius 2 is 0.977 bits per heavy atom. The number of benzene rings is 10. The molecule has 10 aromatic carbocycles. The summed E-state index contributed by atoms with van der Waals surface area (Å²) in [6.07, 6.45) is 3.99. The van der Waals surface area contributed by atoms with Crippen molar-refractivity contribution in [3.05, 3.63) is 288 Å². The van der Waals surface area contributed by atoms with E-state index in [9.17, 15) is 10.5 Å². The van der Waals surface area contributed by atoms with E-state index in [1.54, 1.807) is 8.96 Å². The number of rotatable bonds is 10. The number of anilines is 6. The Morgan fingerprint density at radius 3 is 1.55 bits per heavy atom. The van der Waals surface area contributed by atoms with E-state index in [4.69, 9.17) is 9.98 Å². The van der Waals surface area contributed by atoms with Crippen LogP contribution >= 0.6 is 0 Å². The van der Waals surface area contributed by atoms with Crippen molar-refractivity contribution in [2.75, 3.05) is 9.80 Å². The second-order valence-corrected chi connectivity index (χ2v) is 22.6. The van der Waals surface area contributed by atoms with Gasteiger partial charge in [0.05, 0.1) is 34.3 Å². The number of nitriles is 2. The third-order valence-electron chi connectivity index (χ3n) is 17.4. The van der Waals surface area contributed by atoms with Crippen LogP contribution in [-0.4, -0.2) is 23.8 Å². The Balaban J connectivity index is 0.683. The number of hydrogen-bond donors (Lipinski definition) is 0. The lowest BCUT2D eigenvalue weighted by Gasteiger charge is -2.28. The number of pyridine rings is 2. The first-order valence-electron chi connectivity index (χ1n) is 29.3. The molecule has 6 heterocycles. The van der Waals surface area contributed by atoms with Gasteiger partial charge in [-0.15, -0.1) is 0 Å². The normalized spacial score (nSPS) is 12.5. The van der Waals surface area contributed by atoms with Crippen LogP contribution in [0.25, 0.3) is 76.8 Å². The Labute approximate surface area is 507 Å². The standard InChI is InChI=1S/C75H50B2FN10/c1-47-23-24-53-14-11-21-63-72(53)73(47)88-75(63)82-70-40-32-57(46-84(70)77(88)78)51-27-35-61(36-28-51)86(59-18-8-5-9-19-59)67-38-30-55(42-49(67)3)65(44-80)64(43-79)54-29-37-66(48(2)41-54)85(58-16-6-4-7-17-58)60-33-25-50(26-34-60)56-31-39-69-81-74-62-20-10-13-52-15-12-22-68(71(52)62)87(74)76-83(69)45-56/h4-42,45-46H,1-3H3/q+2/b65-64+. The molecule has 0 aliphatic carbocycles. The minimum Gasteiger partial charge on any atom is -0.310 e. The molecule has 2 aliphatic rings. The first kappa shape index (κ1) is 51.9. The maximum atomic E-state index is 17.0. The molecule has 0 unspecified atom stereocenters. The van der Waals surface area contributed by atoms with Crippen LogP contribution < -0.4 is 29.7 Å². The van der Waals surface area contributed by atoms with Crippen LogP contribution in [0, 0.1) is 43.4 Å². The fourth-order valence-electron chi connectivity index (χ4n) is 13.2. The predicted octanol–water partition coefficient (Wildman–Crippen LogP) is 15.9. The SMILES string of the molecule is Cc1cc(/C(C#N)=C(\C#N)c2ccc(N(c3ccccc3)c3ccc(-c4ccc5[n+](c4)B(F)n4c(c6cccc7ccc(C)c4c76)=N5)cc3)c(C)c2)ccc1N(c1ccccc1)c1ccc(-c2ccc3[n+](c2)[B]n2c(c4cccc5cccc2c54)=N3)cc1. The molecule has 0 saturated carbocycles. The fraction of sp³-hybridized carbons (Fsp3) is 0.0400. The third-order valence-corrected chi connectivity index (χ3v) is 17.4. The molecule has 13 heteroatoms. The molecule has 0 N–H and O–H groups in total. The van der Waals surface area contributed by atoms with E-state index in [1.165, 1.54) is 10.8 Å². The van der Waals surface area contributed by atoms with Gasteiger partial charge in [-0.05, 0) is 184 Å². The highest BCUT2D eigenvalue weighted by atomic mass is 19.1. The van der Waals surface area contributed by atoms with E-state index in [0.29, 0.717) is 22.4 Å². The minimum absolute atomic E-state index is 0.283. The zero-order valence-electron chi connectivity index (χ0n) is 48.2. The zero-order chi connectivity index (χ0) is 59.3. The molecule has 88 heavy (non-hydrogen) atoms. The molecule has 2 aliphatic heterocycles. The average molecular weight is 1130 g/mol. The number of fused-ring (bicyclic) bond motifs is 8. The Bertz CT molecular complexity index is 5450. The minimum atomic E-state index is -1.49. The summed E-state index contributed by atoms with van der Waals surface area (Å²) < 4.78 is 24.6. The summed E-state index contributed by atoms with van der Waals surface area (Å²) in [7, 11) is 0.634. The van der Waals surface area contributed by atoms with Crippen molar-refractivity contribution in [1.82, 2.24) is 8.96 Å². The van der Waals surface area contributed by atoms with Crippen LogP contribution in [0.5, 0.6) is 0 Å². The van der Waals surface area contributed by atoms with Crippen molar-refractivity contribution in [3.8, 4) is 34.4 Å². The molecule has 14 aromatic rings. The molecular weight excluding hydrogens is 1080 g/mol. The molecule has 0 spiro atoms. The number of nitrogens with zero attached hydrogens (tertiary/aromatic N) is 10. The van der Waals surface area contributed by atoms with Gasteiger partial charge in [0.1, 0.15) is 12.1 Å². The predicted molar refractivity (Wildman–Crippen MR) is 352 cm³/mol. The molecule has 0 atom stereocenters. The maximum Gasteiger partial charge on any atom is 0.727 e. The number of hydrogen-bond acceptors (Lipinski definition) is 6. The molecule has 0 saturated heterocycles. The smallest absolute Gasteiger partial charge is 0.310 e. The van der Waals surface area contributed by atoms with E-state index in [1.807, 2.05) is 130 Å². The molecule has 10 nitrogen and oxygen atoms in total. The van der Waals surface area contributed by atoms with Crippen LogP contribution in [0.2, 0.25) is 0 Å². The van der Waals surface area contributed by atoms with Gasteiger partial charge >= 0.3 is 26.4 Å². The van der Waals surface area contributed by atoms with Gasteiger partial charge in [0, 0.05) is 79.2 Å². The van der Waals surface area contributed by atoms with Crippen LogP contribution in [0.1, 0.15) is 27.8 Å². The average Bonchev–Trinajstić information content (AvgIpc) is 1.67. The summed E-state index contributed by atoms with van der Waals surface area (Å²) in [6.45, 7) is 6.10. The molecule has 0 amide bonds. The topological polar surface area (TPSA) is 96.4 Å². The molecule has 16 rings (SSSR count). The van der Waals surface area contributed by atoms with Crippen molar-refractivity contribution in [3.63, 3.8) is 0 Å². The quantitative estimate of drug-likeness (QED) is 0.0774. The van der Waals surface area contributed by atoms with Crippen molar-refractivity contribution in [2.45, 2.75) is 20.8 Å². The van der Waals surface area contributed by atoms with Crippen molar-refractivity contribution < 1.29 is 13.3 Å². The second kappa shape index (κ2) is 20.6. The molecule has 0 bridgehead atoms. The van der Waals surface area contributed by atoms with Gasteiger partial charge in [-0.25, -0.2) is 4.48 Å². The molecule has 411 valence electrons. The third kappa shape index (κ3) is 8.31. The summed E-state index contributed by atoms with van der Waals surface area (Å²) in [5.41, 5.74) is 17.8. The second-order valence-electron chi connectivity index (χ2n) is 22.6. The van der Waals surface area contributed by atoms with Gasteiger partial charge in [0.2, 0.25) is 11.0 Å². The summed E-state index contributed by atoms with van der Waals surface area (Å²) in [5.74, 6) is 1.41. The van der Waals surface area contributed by atoms with Crippen molar-refractivity contribution in [1.29, 1.82) is 10.5 Å². The summed E-state index contributed by atoms with van der Waals surface area (Å²) in [6, 6.07) is 85.1. The van der Waals surface area contributed by atoms with Gasteiger partial charge in [-0.1, -0.05) is 121 Å². The highest BCUT2D eigenvalue weighted by Gasteiger charge is 2.40. The van der Waals surface area contributed by atoms with Gasteiger partial charge < -0.3 is 14.3 Å². The van der Waals surface area contributed by atoms with Crippen LogP contribution in [0.4, 0.5) is 50.1 Å². The summed E-state index contributed by atoms with van der Waals surface area (Å²) in [5, 5.41) is 28.5. The number of aromatic nitrogens is 4. The molecule has 0 fully saturated rings. The van der Waals surface area contributed by atoms with Crippen LogP contribution in [0.15, 0.2) is 259 Å². The first-order valence-corrected chi connectivity index (χ1v) is 29.3. The summed E-state index contributed by atoms with van der Waals surface area (Å²) >= 11 is 0. The summed E-state index contributed by atoms with van der Waals surface area (Å²) in [4.78, 5) is 14.6. The van der Waals surface area contributed by atoms with Crippen molar-refractivity contribution in [2.24, 2.45) is 9.98 Å². The van der Waals surface area contributed by atoms with Crippen molar-refractivity contribution >= 4 is 115 Å². The highest BCUT2D eigenvalue weighted by molar-refractivity contribution is 6.42.